The van der Waals surface area contributed by atoms with Gasteiger partial charge in [-0.25, -0.2) is 8.42 Å². The number of nitrogens with one attached hydrogen (secondary N) is 1. The summed E-state index contributed by atoms with van der Waals surface area (Å²) in [7, 11) is -4.18. The van der Waals surface area contributed by atoms with E-state index in [9.17, 15) is 18.0 Å². The number of rotatable bonds is 14. The molecule has 44 heavy (non-hydrogen) atoms. The third kappa shape index (κ3) is 8.94. The summed E-state index contributed by atoms with van der Waals surface area (Å²) in [6.07, 6.45) is 1.96. The number of hydrogen-bond acceptors (Lipinski definition) is 4. The zero-order valence-electron chi connectivity index (χ0n) is 24.4. The molecule has 4 rings (SSSR count). The highest BCUT2D eigenvalue weighted by atomic mass is 79.9. The second-order valence-corrected chi connectivity index (χ2v) is 13.5. The second kappa shape index (κ2) is 15.9. The van der Waals surface area contributed by atoms with Crippen molar-refractivity contribution in [2.75, 3.05) is 17.4 Å². The summed E-state index contributed by atoms with van der Waals surface area (Å²) in [6, 6.07) is 30.4. The molecule has 0 aliphatic rings. The van der Waals surface area contributed by atoms with Gasteiger partial charge < -0.3 is 10.2 Å². The van der Waals surface area contributed by atoms with Gasteiger partial charge in [-0.1, -0.05) is 102 Å². The van der Waals surface area contributed by atoms with Gasteiger partial charge in [0, 0.05) is 29.0 Å². The molecule has 7 nitrogen and oxygen atoms in total. The Bertz CT molecular complexity index is 1640. The number of unbranched alkanes of at least 4 members (excludes halogenated alkanes) is 1. The van der Waals surface area contributed by atoms with Gasteiger partial charge in [0.25, 0.3) is 10.0 Å². The van der Waals surface area contributed by atoms with Gasteiger partial charge in [0.2, 0.25) is 11.8 Å². The number of amides is 2. The summed E-state index contributed by atoms with van der Waals surface area (Å²) in [4.78, 5) is 29.7. The molecule has 0 heterocycles. The van der Waals surface area contributed by atoms with Crippen LogP contribution in [0.5, 0.6) is 0 Å². The van der Waals surface area contributed by atoms with E-state index in [-0.39, 0.29) is 23.8 Å². The van der Waals surface area contributed by atoms with Gasteiger partial charge in [-0.3, -0.25) is 13.9 Å². The van der Waals surface area contributed by atoms with Crippen LogP contribution >= 0.6 is 27.5 Å². The SMILES string of the molecule is CCCCNC(=O)[C@@H](Cc1ccccc1)N(Cc1cccc(Br)c1)C(=O)CN(c1ccccc1)S(=O)(=O)c1ccc(Cl)cc1. The van der Waals surface area contributed by atoms with E-state index in [4.69, 9.17) is 11.6 Å². The largest absolute Gasteiger partial charge is 0.354 e. The predicted molar refractivity (Wildman–Crippen MR) is 179 cm³/mol. The number of sulfonamides is 1. The van der Waals surface area contributed by atoms with Gasteiger partial charge in [0.05, 0.1) is 10.6 Å². The van der Waals surface area contributed by atoms with Gasteiger partial charge in [-0.15, -0.1) is 0 Å². The topological polar surface area (TPSA) is 86.8 Å². The van der Waals surface area contributed by atoms with Crippen molar-refractivity contribution in [3.8, 4) is 0 Å². The minimum absolute atomic E-state index is 0.00441. The Kier molecular flexibility index (Phi) is 12.0. The first-order valence-electron chi connectivity index (χ1n) is 14.4. The van der Waals surface area contributed by atoms with Crippen molar-refractivity contribution in [3.05, 3.63) is 130 Å². The fourth-order valence-electron chi connectivity index (χ4n) is 4.75. The quantitative estimate of drug-likeness (QED) is 0.146. The summed E-state index contributed by atoms with van der Waals surface area (Å²) in [5.41, 5.74) is 1.99. The van der Waals surface area contributed by atoms with Crippen LogP contribution in [-0.2, 0) is 32.6 Å². The first-order chi connectivity index (χ1) is 21.2. The summed E-state index contributed by atoms with van der Waals surface area (Å²) in [5.74, 6) is -0.810. The fraction of sp³-hybridized carbons (Fsp3) is 0.235. The molecule has 0 aromatic heterocycles. The Morgan fingerprint density at radius 1 is 0.864 bits per heavy atom. The van der Waals surface area contributed by atoms with Gasteiger partial charge >= 0.3 is 0 Å². The molecule has 0 saturated heterocycles. The number of hydrogen-bond donors (Lipinski definition) is 1. The molecular formula is C34H35BrClN3O4S. The van der Waals surface area contributed by atoms with E-state index in [2.05, 4.69) is 21.2 Å². The number of anilines is 1. The summed E-state index contributed by atoms with van der Waals surface area (Å²) in [6.45, 7) is 2.09. The highest BCUT2D eigenvalue weighted by molar-refractivity contribution is 9.10. The van der Waals surface area contributed by atoms with Gasteiger partial charge in [0.1, 0.15) is 12.6 Å². The zero-order chi connectivity index (χ0) is 31.5. The Labute approximate surface area is 273 Å². The van der Waals surface area contributed by atoms with Gasteiger partial charge in [-0.05, 0) is 66.1 Å². The maximum Gasteiger partial charge on any atom is 0.264 e. The molecule has 2 amide bonds. The smallest absolute Gasteiger partial charge is 0.264 e. The maximum atomic E-state index is 14.4. The molecule has 0 fully saturated rings. The van der Waals surface area contributed by atoms with Crippen LogP contribution < -0.4 is 9.62 Å². The van der Waals surface area contributed by atoms with Crippen LogP contribution in [0.15, 0.2) is 119 Å². The number of benzene rings is 4. The lowest BCUT2D eigenvalue weighted by molar-refractivity contribution is -0.140. The standard InChI is InChI=1S/C34H35BrClN3O4S/c1-2-3-21-37-34(41)32(23-26-11-6-4-7-12-26)38(24-27-13-10-14-28(35)22-27)33(40)25-39(30-15-8-5-9-16-30)44(42,43)31-19-17-29(36)18-20-31/h4-20,22,32H,2-3,21,23-25H2,1H3,(H,37,41)/t32-/m1/s1. The Hall–Kier alpha value is -3.66. The summed E-state index contributed by atoms with van der Waals surface area (Å²) >= 11 is 9.54. The van der Waals surface area contributed by atoms with Crippen LogP contribution in [0.3, 0.4) is 0 Å². The Morgan fingerprint density at radius 3 is 2.14 bits per heavy atom. The lowest BCUT2D eigenvalue weighted by atomic mass is 10.0. The number of carbonyl (C=O) groups is 2. The lowest BCUT2D eigenvalue weighted by Gasteiger charge is -2.34. The number of halogens is 2. The molecule has 230 valence electrons. The van der Waals surface area contributed by atoms with Crippen molar-refractivity contribution in [3.63, 3.8) is 0 Å². The molecule has 0 bridgehead atoms. The molecule has 4 aromatic rings. The average molecular weight is 697 g/mol. The molecular weight excluding hydrogens is 662 g/mol. The second-order valence-electron chi connectivity index (χ2n) is 10.3. The molecule has 1 N–H and O–H groups in total. The molecule has 4 aromatic carbocycles. The summed E-state index contributed by atoms with van der Waals surface area (Å²) in [5, 5.41) is 3.39. The van der Waals surface area contributed by atoms with E-state index in [0.29, 0.717) is 17.3 Å². The van der Waals surface area contributed by atoms with Crippen LogP contribution in [0.25, 0.3) is 0 Å². The molecule has 0 spiro atoms. The Morgan fingerprint density at radius 2 is 1.50 bits per heavy atom. The maximum absolute atomic E-state index is 14.4. The van der Waals surface area contributed by atoms with Crippen LogP contribution in [0.4, 0.5) is 5.69 Å². The normalized spacial score (nSPS) is 11.9. The summed E-state index contributed by atoms with van der Waals surface area (Å²) < 4.78 is 29.9. The lowest BCUT2D eigenvalue weighted by Crippen LogP contribution is -2.53. The zero-order valence-corrected chi connectivity index (χ0v) is 27.6. The van der Waals surface area contributed by atoms with E-state index in [0.717, 1.165) is 32.7 Å². The average Bonchev–Trinajstić information content (AvgIpc) is 3.02. The Balaban J connectivity index is 1.77. The molecule has 0 saturated carbocycles. The number of nitrogens with zero attached hydrogens (tertiary/aromatic N) is 2. The van der Waals surface area contributed by atoms with Crippen LogP contribution in [0.2, 0.25) is 5.02 Å². The van der Waals surface area contributed by atoms with E-state index in [1.807, 2.05) is 61.5 Å². The van der Waals surface area contributed by atoms with E-state index < -0.39 is 28.5 Å². The molecule has 0 radical (unpaired) electrons. The number of carbonyl (C=O) groups excluding carboxylic acids is 2. The minimum Gasteiger partial charge on any atom is -0.354 e. The van der Waals surface area contributed by atoms with E-state index >= 15 is 0 Å². The van der Waals surface area contributed by atoms with Crippen LogP contribution in [0.1, 0.15) is 30.9 Å². The minimum atomic E-state index is -4.18. The molecule has 0 aliphatic carbocycles. The van der Waals surface area contributed by atoms with Crippen molar-refractivity contribution >= 4 is 55.1 Å². The first kappa shape index (κ1) is 33.2. The van der Waals surface area contributed by atoms with Crippen molar-refractivity contribution in [2.24, 2.45) is 0 Å². The van der Waals surface area contributed by atoms with Crippen molar-refractivity contribution in [1.29, 1.82) is 0 Å². The first-order valence-corrected chi connectivity index (χ1v) is 17.0. The monoisotopic (exact) mass is 695 g/mol. The van der Waals surface area contributed by atoms with Gasteiger partial charge in [0.15, 0.2) is 0 Å². The number of para-hydroxylation sites is 1. The van der Waals surface area contributed by atoms with Crippen molar-refractivity contribution in [2.45, 2.75) is 43.7 Å². The molecule has 0 unspecified atom stereocenters. The fourth-order valence-corrected chi connectivity index (χ4v) is 6.74. The highest BCUT2D eigenvalue weighted by Crippen LogP contribution is 2.26. The van der Waals surface area contributed by atoms with Crippen molar-refractivity contribution in [1.82, 2.24) is 10.2 Å². The highest BCUT2D eigenvalue weighted by Gasteiger charge is 2.34. The molecule has 1 atom stereocenters. The molecule has 0 aliphatic heterocycles. The third-order valence-electron chi connectivity index (χ3n) is 7.07. The third-order valence-corrected chi connectivity index (χ3v) is 9.60. The van der Waals surface area contributed by atoms with Crippen molar-refractivity contribution < 1.29 is 18.0 Å². The van der Waals surface area contributed by atoms with Gasteiger partial charge in [-0.2, -0.15) is 0 Å². The van der Waals surface area contributed by atoms with Crippen LogP contribution in [0, 0.1) is 0 Å². The molecule has 10 heteroatoms. The van der Waals surface area contributed by atoms with Crippen LogP contribution in [-0.4, -0.2) is 44.3 Å². The van der Waals surface area contributed by atoms with E-state index in [1.54, 1.807) is 30.3 Å². The predicted octanol–water partition coefficient (Wildman–Crippen LogP) is 6.85. The van der Waals surface area contributed by atoms with E-state index in [1.165, 1.54) is 29.2 Å².